The normalized spacial score (nSPS) is 37.9. The van der Waals surface area contributed by atoms with E-state index in [1.807, 2.05) is 0 Å². The summed E-state index contributed by atoms with van der Waals surface area (Å²) in [6, 6.07) is 0. The lowest BCUT2D eigenvalue weighted by molar-refractivity contribution is -0.194. The molecule has 8 heteroatoms. The molecule has 0 aromatic carbocycles. The van der Waals surface area contributed by atoms with Gasteiger partial charge in [-0.05, 0) is 88.4 Å². The summed E-state index contributed by atoms with van der Waals surface area (Å²) in [5.74, 6) is 1.98. The van der Waals surface area contributed by atoms with Crippen molar-refractivity contribution in [3.05, 3.63) is 12.2 Å². The Morgan fingerprint density at radius 2 is 1.77 bits per heavy atom. The monoisotopic (exact) mass is 716 g/mol. The van der Waals surface area contributed by atoms with Gasteiger partial charge in [-0.25, -0.2) is 0 Å². The zero-order valence-electron chi connectivity index (χ0n) is 26.7. The fourth-order valence-corrected chi connectivity index (χ4v) is 9.10. The minimum atomic E-state index is -0.128. The number of rotatable bonds is 15. The van der Waals surface area contributed by atoms with Crippen LogP contribution in [-0.2, 0) is 33.2 Å². The van der Waals surface area contributed by atoms with Gasteiger partial charge < -0.3 is 28.4 Å². The lowest BCUT2D eigenvalue weighted by Gasteiger charge is -2.31. The van der Waals surface area contributed by atoms with Gasteiger partial charge in [-0.2, -0.15) is 0 Å². The van der Waals surface area contributed by atoms with Crippen molar-refractivity contribution in [2.24, 2.45) is 23.7 Å². The van der Waals surface area contributed by atoms with Crippen LogP contribution in [0.15, 0.2) is 12.2 Å². The lowest BCUT2D eigenvalue weighted by Crippen LogP contribution is -2.33. The van der Waals surface area contributed by atoms with Gasteiger partial charge in [0.05, 0.1) is 31.5 Å². The predicted octanol–water partition coefficient (Wildman–Crippen LogP) is 7.91. The van der Waals surface area contributed by atoms with Crippen LogP contribution in [0.1, 0.15) is 116 Å². The van der Waals surface area contributed by atoms with Crippen molar-refractivity contribution in [3.63, 3.8) is 0 Å². The summed E-state index contributed by atoms with van der Waals surface area (Å²) in [4.78, 5) is 11.6. The van der Waals surface area contributed by atoms with E-state index in [2.05, 4.69) is 41.7 Å². The van der Waals surface area contributed by atoms with E-state index in [-0.39, 0.29) is 48.9 Å². The van der Waals surface area contributed by atoms with Gasteiger partial charge in [-0.3, -0.25) is 4.79 Å². The minimum absolute atomic E-state index is 0.0823. The molecule has 0 bridgehead atoms. The van der Waals surface area contributed by atoms with Gasteiger partial charge >= 0.3 is 5.97 Å². The summed E-state index contributed by atoms with van der Waals surface area (Å²) in [6.45, 7) is 3.90. The van der Waals surface area contributed by atoms with Gasteiger partial charge in [0, 0.05) is 35.9 Å². The van der Waals surface area contributed by atoms with Crippen LogP contribution in [0, 0.1) is 23.7 Å². The number of alkyl halides is 1. The Morgan fingerprint density at radius 1 is 0.977 bits per heavy atom. The lowest BCUT2D eigenvalue weighted by atomic mass is 9.88. The van der Waals surface area contributed by atoms with E-state index in [0.29, 0.717) is 22.2 Å². The van der Waals surface area contributed by atoms with Crippen molar-refractivity contribution < 1.29 is 33.2 Å². The highest BCUT2D eigenvalue weighted by Crippen LogP contribution is 2.48. The van der Waals surface area contributed by atoms with Crippen LogP contribution in [0.5, 0.6) is 0 Å². The first kappa shape index (κ1) is 34.1. The number of fused-ring (bicyclic) bond motifs is 1. The van der Waals surface area contributed by atoms with Crippen LogP contribution in [-0.4, -0.2) is 67.2 Å². The van der Waals surface area contributed by atoms with Crippen molar-refractivity contribution in [1.29, 1.82) is 0 Å². The van der Waals surface area contributed by atoms with E-state index in [1.165, 1.54) is 58.5 Å². The first-order valence-corrected chi connectivity index (χ1v) is 18.9. The Labute approximate surface area is 274 Å². The molecule has 0 radical (unpaired) electrons. The maximum Gasteiger partial charge on any atom is 0.305 e. The second-order valence-electron chi connectivity index (χ2n) is 13.7. The first-order valence-electron chi connectivity index (χ1n) is 17.6. The largest absolute Gasteiger partial charge is 0.469 e. The number of esters is 1. The van der Waals surface area contributed by atoms with E-state index in [9.17, 15) is 4.79 Å². The molecule has 0 aromatic rings. The van der Waals surface area contributed by atoms with Gasteiger partial charge in [0.15, 0.2) is 12.6 Å². The van der Waals surface area contributed by atoms with Crippen LogP contribution in [0.25, 0.3) is 0 Å². The fourth-order valence-electron chi connectivity index (χ4n) is 8.20. The van der Waals surface area contributed by atoms with Gasteiger partial charge in [0.25, 0.3) is 0 Å². The molecule has 3 heterocycles. The summed E-state index contributed by atoms with van der Waals surface area (Å²) in [7, 11) is 1.46. The molecule has 3 aliphatic heterocycles. The Balaban J connectivity index is 1.27. The molecule has 2 saturated carbocycles. The summed E-state index contributed by atoms with van der Waals surface area (Å²) in [5, 5.41) is 0. The second-order valence-corrected chi connectivity index (χ2v) is 15.3. The van der Waals surface area contributed by atoms with Crippen molar-refractivity contribution >= 4 is 28.6 Å². The molecular weight excluding hydrogens is 659 g/mol. The Kier molecular flexibility index (Phi) is 14.0. The van der Waals surface area contributed by atoms with Crippen LogP contribution in [0.3, 0.4) is 0 Å². The first-order chi connectivity index (χ1) is 21.0. The van der Waals surface area contributed by atoms with Crippen LogP contribution in [0.4, 0.5) is 0 Å². The third-order valence-electron chi connectivity index (χ3n) is 10.7. The average molecular weight is 717 g/mol. The number of methoxy groups -OCH3 is 1. The molecule has 3 saturated heterocycles. The van der Waals surface area contributed by atoms with E-state index < -0.39 is 0 Å². The van der Waals surface area contributed by atoms with E-state index in [4.69, 9.17) is 28.4 Å². The van der Waals surface area contributed by atoms with Gasteiger partial charge in [0.1, 0.15) is 0 Å². The minimum Gasteiger partial charge on any atom is -0.469 e. The molecular formula is C35H57IO7. The molecule has 0 spiro atoms. The van der Waals surface area contributed by atoms with Crippen LogP contribution in [0.2, 0.25) is 0 Å². The number of hydrogen-bond donors (Lipinski definition) is 0. The van der Waals surface area contributed by atoms with Crippen molar-refractivity contribution in [2.75, 3.05) is 20.3 Å². The highest BCUT2D eigenvalue weighted by atomic mass is 127. The fraction of sp³-hybridized carbons (Fsp3) is 0.914. The standard InChI is InChI=1S/C35H57IO7/c1-3-4-10-24-15-16-25(21-24)29(42-34-13-5-7-19-39-34)18-17-26-27-22-32(28(36)11-9-12-33(37)38-2)41-31(27)23-30(26)43-35-14-6-8-20-40-35/h17-18,24-32,34-35H,3-16,19-23H2,1-2H3/b18-17+/t24?,25?,26-,27-,28?,29-,30-,31-,32?,34?,35?/m1/s1. The topological polar surface area (TPSA) is 72.5 Å². The SMILES string of the molecule is CCCCC1CCC([C@@H](/C=C/[C@@H]2[C@H]3CC(C(I)CCCC(=O)OC)O[C@@H]3C[C@H]2OC2CCCCO2)OC2CCCCO2)C1. The maximum absolute atomic E-state index is 11.6. The molecule has 246 valence electrons. The summed E-state index contributed by atoms with van der Waals surface area (Å²) in [5.41, 5.74) is 0. The van der Waals surface area contributed by atoms with E-state index in [0.717, 1.165) is 70.5 Å². The maximum atomic E-state index is 11.6. The molecule has 7 nitrogen and oxygen atoms in total. The molecule has 5 aliphatic rings. The highest BCUT2D eigenvalue weighted by molar-refractivity contribution is 14.1. The zero-order chi connectivity index (χ0) is 30.0. The van der Waals surface area contributed by atoms with Gasteiger partial charge in [0.2, 0.25) is 0 Å². The van der Waals surface area contributed by atoms with Gasteiger partial charge in [-0.1, -0.05) is 67.3 Å². The molecule has 5 fully saturated rings. The van der Waals surface area contributed by atoms with Crippen molar-refractivity contribution in [3.8, 4) is 0 Å². The number of hydrogen-bond acceptors (Lipinski definition) is 7. The Hall–Kier alpha value is -0.260. The van der Waals surface area contributed by atoms with Crippen LogP contribution < -0.4 is 0 Å². The number of carbonyl (C=O) groups excluding carboxylic acids is 1. The molecule has 0 N–H and O–H groups in total. The number of halogens is 1. The Bertz CT molecular complexity index is 857. The predicted molar refractivity (Wildman–Crippen MR) is 175 cm³/mol. The molecule has 6 unspecified atom stereocenters. The molecule has 5 rings (SSSR count). The molecule has 0 aromatic heterocycles. The average Bonchev–Trinajstić information content (AvgIpc) is 3.75. The molecule has 43 heavy (non-hydrogen) atoms. The van der Waals surface area contributed by atoms with E-state index >= 15 is 0 Å². The zero-order valence-corrected chi connectivity index (χ0v) is 28.8. The summed E-state index contributed by atoms with van der Waals surface area (Å²) < 4.78 is 37.5. The number of unbranched alkanes of at least 4 members (excludes halogenated alkanes) is 1. The summed E-state index contributed by atoms with van der Waals surface area (Å²) >= 11 is 2.54. The highest BCUT2D eigenvalue weighted by Gasteiger charge is 2.51. The van der Waals surface area contributed by atoms with Crippen molar-refractivity contribution in [2.45, 2.75) is 157 Å². The van der Waals surface area contributed by atoms with Crippen LogP contribution >= 0.6 is 22.6 Å². The molecule has 11 atom stereocenters. The summed E-state index contributed by atoms with van der Waals surface area (Å²) in [6.07, 6.45) is 23.9. The quantitative estimate of drug-likeness (QED) is 0.0739. The molecule has 0 amide bonds. The smallest absolute Gasteiger partial charge is 0.305 e. The number of ether oxygens (including phenoxy) is 6. The van der Waals surface area contributed by atoms with E-state index in [1.54, 1.807) is 0 Å². The second kappa shape index (κ2) is 17.6. The third-order valence-corrected chi connectivity index (χ3v) is 12.1. The third kappa shape index (κ3) is 9.87. The Morgan fingerprint density at radius 3 is 2.49 bits per heavy atom. The molecule has 2 aliphatic carbocycles. The van der Waals surface area contributed by atoms with Gasteiger partial charge in [-0.15, -0.1) is 0 Å². The number of carbonyl (C=O) groups is 1. The van der Waals surface area contributed by atoms with Crippen molar-refractivity contribution in [1.82, 2.24) is 0 Å².